The van der Waals surface area contributed by atoms with E-state index in [0.717, 1.165) is 5.56 Å². The Morgan fingerprint density at radius 1 is 1.55 bits per heavy atom. The lowest BCUT2D eigenvalue weighted by Crippen LogP contribution is -2.38. The second-order valence-electron chi connectivity index (χ2n) is 5.70. The molecule has 0 aromatic heterocycles. The molecule has 5 nitrogen and oxygen atoms in total. The predicted molar refractivity (Wildman–Crippen MR) is 86.0 cm³/mol. The molecule has 1 saturated heterocycles. The van der Waals surface area contributed by atoms with E-state index in [4.69, 9.17) is 16.3 Å². The molecule has 120 valence electrons. The van der Waals surface area contributed by atoms with Crippen LogP contribution < -0.4 is 5.32 Å². The van der Waals surface area contributed by atoms with Crippen molar-refractivity contribution in [3.05, 3.63) is 28.8 Å². The Kier molecular flexibility index (Phi) is 5.42. The Hall–Kier alpha value is -1.59. The Morgan fingerprint density at radius 3 is 2.91 bits per heavy atom. The molecule has 1 N–H and O–H groups in total. The molecule has 2 rings (SSSR count). The van der Waals surface area contributed by atoms with Gasteiger partial charge in [0.25, 0.3) is 0 Å². The number of benzene rings is 1. The highest BCUT2D eigenvalue weighted by Crippen LogP contribution is 2.24. The van der Waals surface area contributed by atoms with Gasteiger partial charge in [0.1, 0.15) is 0 Å². The normalized spacial score (nSPS) is 19.4. The number of hydrogen-bond donors (Lipinski definition) is 1. The number of carbonyl (C=O) groups excluding carboxylic acids is 2. The number of nitrogens with one attached hydrogen (secondary N) is 1. The number of anilines is 1. The van der Waals surface area contributed by atoms with Crippen LogP contribution in [0.15, 0.2) is 18.2 Å². The topological polar surface area (TPSA) is 58.6 Å². The number of aryl methyl sites for hydroxylation is 1. The van der Waals surface area contributed by atoms with Crippen molar-refractivity contribution < 1.29 is 14.3 Å². The van der Waals surface area contributed by atoms with Crippen molar-refractivity contribution in [1.82, 2.24) is 4.90 Å². The molecule has 0 radical (unpaired) electrons. The SMILES string of the molecule is COCC(C)N1CC(C(=O)Nc2ccc(C)c(Cl)c2)CC1=O. The first kappa shape index (κ1) is 16.8. The third kappa shape index (κ3) is 3.78. The van der Waals surface area contributed by atoms with E-state index in [1.807, 2.05) is 19.9 Å². The van der Waals surface area contributed by atoms with Gasteiger partial charge in [-0.15, -0.1) is 0 Å². The third-order valence-electron chi connectivity index (χ3n) is 3.91. The maximum Gasteiger partial charge on any atom is 0.229 e. The zero-order chi connectivity index (χ0) is 16.3. The summed E-state index contributed by atoms with van der Waals surface area (Å²) in [7, 11) is 1.60. The van der Waals surface area contributed by atoms with Crippen LogP contribution in [0.4, 0.5) is 5.69 Å². The van der Waals surface area contributed by atoms with E-state index in [1.165, 1.54) is 0 Å². The van der Waals surface area contributed by atoms with Gasteiger partial charge in [0.2, 0.25) is 11.8 Å². The zero-order valence-electron chi connectivity index (χ0n) is 13.1. The molecule has 1 aliphatic heterocycles. The Morgan fingerprint density at radius 2 is 2.27 bits per heavy atom. The van der Waals surface area contributed by atoms with Crippen molar-refractivity contribution in [2.75, 3.05) is 25.6 Å². The standard InChI is InChI=1S/C16H21ClN2O3/c1-10-4-5-13(7-14(10)17)18-16(21)12-6-15(20)19(8-12)11(2)9-22-3/h4-5,7,11-12H,6,8-9H2,1-3H3,(H,18,21). The smallest absolute Gasteiger partial charge is 0.229 e. The largest absolute Gasteiger partial charge is 0.383 e. The summed E-state index contributed by atoms with van der Waals surface area (Å²) in [5, 5.41) is 3.44. The van der Waals surface area contributed by atoms with Gasteiger partial charge in [0.15, 0.2) is 0 Å². The maximum atomic E-state index is 12.3. The van der Waals surface area contributed by atoms with Gasteiger partial charge in [-0.05, 0) is 31.5 Å². The zero-order valence-corrected chi connectivity index (χ0v) is 13.8. The van der Waals surface area contributed by atoms with Crippen LogP contribution in [0.3, 0.4) is 0 Å². The van der Waals surface area contributed by atoms with Crippen LogP contribution in [-0.2, 0) is 14.3 Å². The van der Waals surface area contributed by atoms with Crippen LogP contribution >= 0.6 is 11.6 Å². The first-order valence-corrected chi connectivity index (χ1v) is 7.65. The van der Waals surface area contributed by atoms with Gasteiger partial charge in [0, 0.05) is 30.8 Å². The van der Waals surface area contributed by atoms with Gasteiger partial charge in [-0.1, -0.05) is 17.7 Å². The molecular formula is C16H21ClN2O3. The van der Waals surface area contributed by atoms with Crippen molar-refractivity contribution in [3.63, 3.8) is 0 Å². The Bertz CT molecular complexity index is 577. The van der Waals surface area contributed by atoms with Crippen LogP contribution in [0.5, 0.6) is 0 Å². The van der Waals surface area contributed by atoms with Crippen molar-refractivity contribution in [3.8, 4) is 0 Å². The van der Waals surface area contributed by atoms with E-state index in [1.54, 1.807) is 24.1 Å². The van der Waals surface area contributed by atoms with Crippen molar-refractivity contribution in [2.45, 2.75) is 26.3 Å². The van der Waals surface area contributed by atoms with E-state index in [2.05, 4.69) is 5.32 Å². The molecule has 6 heteroatoms. The highest BCUT2D eigenvalue weighted by Gasteiger charge is 2.36. The Balaban J connectivity index is 1.99. The van der Waals surface area contributed by atoms with E-state index >= 15 is 0 Å². The fraction of sp³-hybridized carbons (Fsp3) is 0.500. The van der Waals surface area contributed by atoms with E-state index in [0.29, 0.717) is 23.9 Å². The number of halogens is 1. The molecule has 1 aromatic carbocycles. The van der Waals surface area contributed by atoms with Crippen LogP contribution in [0.25, 0.3) is 0 Å². The quantitative estimate of drug-likeness (QED) is 0.905. The van der Waals surface area contributed by atoms with Crippen molar-refractivity contribution >= 4 is 29.1 Å². The number of carbonyl (C=O) groups is 2. The number of methoxy groups -OCH3 is 1. The highest BCUT2D eigenvalue weighted by atomic mass is 35.5. The molecule has 2 unspecified atom stereocenters. The van der Waals surface area contributed by atoms with E-state index < -0.39 is 0 Å². The Labute approximate surface area is 135 Å². The number of nitrogens with zero attached hydrogens (tertiary/aromatic N) is 1. The first-order chi connectivity index (χ1) is 10.4. The van der Waals surface area contributed by atoms with Crippen LogP contribution in [0.2, 0.25) is 5.02 Å². The minimum atomic E-state index is -0.341. The molecule has 2 amide bonds. The lowest BCUT2D eigenvalue weighted by atomic mass is 10.1. The number of rotatable bonds is 5. The van der Waals surface area contributed by atoms with Gasteiger partial charge < -0.3 is 15.0 Å². The summed E-state index contributed by atoms with van der Waals surface area (Å²) in [4.78, 5) is 26.0. The molecule has 22 heavy (non-hydrogen) atoms. The van der Waals surface area contributed by atoms with Gasteiger partial charge in [-0.3, -0.25) is 9.59 Å². The van der Waals surface area contributed by atoms with Crippen molar-refractivity contribution in [1.29, 1.82) is 0 Å². The molecule has 1 fully saturated rings. The second-order valence-corrected chi connectivity index (χ2v) is 6.11. The molecule has 0 spiro atoms. The molecule has 0 bridgehead atoms. The fourth-order valence-corrected chi connectivity index (χ4v) is 2.76. The summed E-state index contributed by atoms with van der Waals surface area (Å²) in [5.41, 5.74) is 1.60. The highest BCUT2D eigenvalue weighted by molar-refractivity contribution is 6.31. The minimum Gasteiger partial charge on any atom is -0.383 e. The summed E-state index contributed by atoms with van der Waals surface area (Å²) in [6, 6.07) is 5.35. The first-order valence-electron chi connectivity index (χ1n) is 7.27. The van der Waals surface area contributed by atoms with E-state index in [-0.39, 0.29) is 30.2 Å². The van der Waals surface area contributed by atoms with Gasteiger partial charge >= 0.3 is 0 Å². The molecular weight excluding hydrogens is 304 g/mol. The average molecular weight is 325 g/mol. The number of likely N-dealkylation sites (tertiary alicyclic amines) is 1. The maximum absolute atomic E-state index is 12.3. The summed E-state index contributed by atoms with van der Waals surface area (Å²) >= 11 is 6.05. The molecule has 1 aliphatic rings. The van der Waals surface area contributed by atoms with Gasteiger partial charge in [-0.2, -0.15) is 0 Å². The minimum absolute atomic E-state index is 0.00774. The lowest BCUT2D eigenvalue weighted by Gasteiger charge is -2.23. The predicted octanol–water partition coefficient (Wildman–Crippen LogP) is 2.47. The number of amides is 2. The fourth-order valence-electron chi connectivity index (χ4n) is 2.58. The van der Waals surface area contributed by atoms with Crippen molar-refractivity contribution in [2.24, 2.45) is 5.92 Å². The second kappa shape index (κ2) is 7.11. The van der Waals surface area contributed by atoms with Crippen LogP contribution in [0, 0.1) is 12.8 Å². The molecule has 0 aliphatic carbocycles. The lowest BCUT2D eigenvalue weighted by molar-refractivity contribution is -0.130. The summed E-state index contributed by atoms with van der Waals surface area (Å²) < 4.78 is 5.07. The van der Waals surface area contributed by atoms with Gasteiger partial charge in [0.05, 0.1) is 18.6 Å². The van der Waals surface area contributed by atoms with Crippen LogP contribution in [0.1, 0.15) is 18.9 Å². The summed E-state index contributed by atoms with van der Waals surface area (Å²) in [6.45, 7) is 4.71. The summed E-state index contributed by atoms with van der Waals surface area (Å²) in [5.74, 6) is -0.501. The van der Waals surface area contributed by atoms with E-state index in [9.17, 15) is 9.59 Å². The third-order valence-corrected chi connectivity index (χ3v) is 4.32. The number of ether oxygens (including phenoxy) is 1. The van der Waals surface area contributed by atoms with Gasteiger partial charge in [-0.25, -0.2) is 0 Å². The molecule has 1 heterocycles. The summed E-state index contributed by atoms with van der Waals surface area (Å²) in [6.07, 6.45) is 0.236. The monoisotopic (exact) mass is 324 g/mol. The average Bonchev–Trinajstić information content (AvgIpc) is 2.85. The molecule has 1 aromatic rings. The number of hydrogen-bond acceptors (Lipinski definition) is 3. The van der Waals surface area contributed by atoms with Crippen LogP contribution in [-0.4, -0.2) is 43.0 Å². The molecule has 2 atom stereocenters. The molecule has 0 saturated carbocycles.